The van der Waals surface area contributed by atoms with Crippen molar-refractivity contribution in [1.82, 2.24) is 10.6 Å². The van der Waals surface area contributed by atoms with E-state index in [1.165, 1.54) is 31.4 Å². The Bertz CT molecular complexity index is 559. The van der Waals surface area contributed by atoms with Crippen LogP contribution in [-0.2, 0) is 11.2 Å². The van der Waals surface area contributed by atoms with E-state index in [9.17, 15) is 8.78 Å². The molecular formula is C18H27F2N3O. The number of hydrogen-bond donors (Lipinski definition) is 2. The van der Waals surface area contributed by atoms with E-state index < -0.39 is 11.6 Å². The smallest absolute Gasteiger partial charge is 0.191 e. The summed E-state index contributed by atoms with van der Waals surface area (Å²) in [5.41, 5.74) is 0.798. The monoisotopic (exact) mass is 339 g/mol. The normalized spacial score (nSPS) is 16.6. The Kier molecular flexibility index (Phi) is 6.97. The van der Waals surface area contributed by atoms with Gasteiger partial charge in [0.1, 0.15) is 11.6 Å². The molecule has 1 aliphatic rings. The van der Waals surface area contributed by atoms with Crippen molar-refractivity contribution < 1.29 is 13.5 Å². The molecule has 0 radical (unpaired) electrons. The first kappa shape index (κ1) is 18.6. The number of hydrogen-bond acceptors (Lipinski definition) is 2. The number of rotatable bonds is 8. The zero-order chi connectivity index (χ0) is 17.4. The fourth-order valence-electron chi connectivity index (χ4n) is 3.04. The van der Waals surface area contributed by atoms with Crippen LogP contribution in [0.2, 0.25) is 0 Å². The van der Waals surface area contributed by atoms with Gasteiger partial charge in [0.2, 0.25) is 0 Å². The zero-order valence-corrected chi connectivity index (χ0v) is 14.5. The van der Waals surface area contributed by atoms with Crippen molar-refractivity contribution in [1.29, 1.82) is 0 Å². The summed E-state index contributed by atoms with van der Waals surface area (Å²) in [6.45, 7) is 2.17. The Morgan fingerprint density at radius 2 is 2.08 bits per heavy atom. The molecule has 0 amide bonds. The molecule has 1 aliphatic carbocycles. The van der Waals surface area contributed by atoms with Gasteiger partial charge in [0.15, 0.2) is 5.96 Å². The van der Waals surface area contributed by atoms with Crippen molar-refractivity contribution in [2.75, 3.05) is 33.9 Å². The average Bonchev–Trinajstić information content (AvgIpc) is 2.53. The lowest BCUT2D eigenvalue weighted by Gasteiger charge is -2.42. The summed E-state index contributed by atoms with van der Waals surface area (Å²) in [6, 6.07) is 3.68. The van der Waals surface area contributed by atoms with Crippen LogP contribution in [0.3, 0.4) is 0 Å². The lowest BCUT2D eigenvalue weighted by atomic mass is 9.67. The van der Waals surface area contributed by atoms with Crippen LogP contribution in [0.15, 0.2) is 23.2 Å². The minimum absolute atomic E-state index is 0.302. The molecule has 2 N–H and O–H groups in total. The summed E-state index contributed by atoms with van der Waals surface area (Å²) in [4.78, 5) is 4.21. The maximum Gasteiger partial charge on any atom is 0.191 e. The third-order valence-electron chi connectivity index (χ3n) is 4.81. The summed E-state index contributed by atoms with van der Waals surface area (Å²) in [6.07, 6.45) is 5.21. The predicted octanol–water partition coefficient (Wildman–Crippen LogP) is 2.88. The summed E-state index contributed by atoms with van der Waals surface area (Å²) >= 11 is 0. The molecule has 0 spiro atoms. The molecule has 0 unspecified atom stereocenters. The number of benzene rings is 1. The molecule has 1 fully saturated rings. The second-order valence-electron chi connectivity index (χ2n) is 6.43. The average molecular weight is 339 g/mol. The molecule has 1 aromatic rings. The molecule has 2 rings (SSSR count). The number of nitrogens with one attached hydrogen (secondary N) is 2. The van der Waals surface area contributed by atoms with E-state index >= 15 is 0 Å². The predicted molar refractivity (Wildman–Crippen MR) is 92.2 cm³/mol. The van der Waals surface area contributed by atoms with Crippen molar-refractivity contribution >= 4 is 5.96 Å². The number of aliphatic imine (C=N–C) groups is 1. The van der Waals surface area contributed by atoms with Gasteiger partial charge in [-0.1, -0.05) is 12.5 Å². The quantitative estimate of drug-likeness (QED) is 0.565. The standard InChI is InChI=1S/C18H27F2N3O/c1-21-17(23-13-18(7-3-8-18)9-11-24-2)22-10-6-14-4-5-15(19)12-16(14)20/h4-5,12H,3,6-11,13H2,1-2H3,(H2,21,22,23). The number of guanidine groups is 1. The Balaban J connectivity index is 1.76. The highest BCUT2D eigenvalue weighted by atomic mass is 19.1. The van der Waals surface area contributed by atoms with Crippen LogP contribution in [0.5, 0.6) is 0 Å². The second-order valence-corrected chi connectivity index (χ2v) is 6.43. The van der Waals surface area contributed by atoms with E-state index in [-0.39, 0.29) is 0 Å². The van der Waals surface area contributed by atoms with E-state index in [1.807, 2.05) is 0 Å². The van der Waals surface area contributed by atoms with Crippen LogP contribution in [0.1, 0.15) is 31.2 Å². The van der Waals surface area contributed by atoms with E-state index in [0.717, 1.165) is 25.6 Å². The van der Waals surface area contributed by atoms with Gasteiger partial charge >= 0.3 is 0 Å². The van der Waals surface area contributed by atoms with Gasteiger partial charge < -0.3 is 15.4 Å². The molecule has 0 saturated heterocycles. The molecule has 1 saturated carbocycles. The highest BCUT2D eigenvalue weighted by molar-refractivity contribution is 5.79. The van der Waals surface area contributed by atoms with Gasteiger partial charge in [0, 0.05) is 39.9 Å². The number of methoxy groups -OCH3 is 1. The number of halogens is 2. The minimum Gasteiger partial charge on any atom is -0.385 e. The SMILES string of the molecule is CN=C(NCCc1ccc(F)cc1F)NCC1(CCOC)CCC1. The summed E-state index contributed by atoms with van der Waals surface area (Å²) in [5.74, 6) is -0.350. The number of ether oxygens (including phenoxy) is 1. The zero-order valence-electron chi connectivity index (χ0n) is 14.5. The molecule has 0 atom stereocenters. The van der Waals surface area contributed by atoms with Gasteiger partial charge in [-0.2, -0.15) is 0 Å². The van der Waals surface area contributed by atoms with E-state index in [0.29, 0.717) is 29.9 Å². The lowest BCUT2D eigenvalue weighted by molar-refractivity contribution is 0.0732. The highest BCUT2D eigenvalue weighted by Crippen LogP contribution is 2.43. The maximum absolute atomic E-state index is 13.6. The summed E-state index contributed by atoms with van der Waals surface area (Å²) < 4.78 is 31.7. The fraction of sp³-hybridized carbons (Fsp3) is 0.611. The van der Waals surface area contributed by atoms with Crippen LogP contribution in [0.25, 0.3) is 0 Å². The van der Waals surface area contributed by atoms with Crippen molar-refractivity contribution in [3.05, 3.63) is 35.4 Å². The molecule has 24 heavy (non-hydrogen) atoms. The van der Waals surface area contributed by atoms with Gasteiger partial charge in [0.25, 0.3) is 0 Å². The Labute approximate surface area is 142 Å². The topological polar surface area (TPSA) is 45.7 Å². The highest BCUT2D eigenvalue weighted by Gasteiger charge is 2.36. The molecule has 6 heteroatoms. The molecule has 1 aromatic carbocycles. The molecule has 0 bridgehead atoms. The Morgan fingerprint density at radius 3 is 2.67 bits per heavy atom. The van der Waals surface area contributed by atoms with E-state index in [4.69, 9.17) is 4.74 Å². The van der Waals surface area contributed by atoms with Crippen LogP contribution in [0, 0.1) is 17.0 Å². The second kappa shape index (κ2) is 8.97. The van der Waals surface area contributed by atoms with Gasteiger partial charge in [-0.3, -0.25) is 4.99 Å². The Morgan fingerprint density at radius 1 is 1.29 bits per heavy atom. The van der Waals surface area contributed by atoms with Crippen LogP contribution in [0.4, 0.5) is 8.78 Å². The summed E-state index contributed by atoms with van der Waals surface area (Å²) in [5, 5.41) is 6.54. The lowest BCUT2D eigenvalue weighted by Crippen LogP contribution is -2.47. The fourth-order valence-corrected chi connectivity index (χ4v) is 3.04. The summed E-state index contributed by atoms with van der Waals surface area (Å²) in [7, 11) is 3.45. The van der Waals surface area contributed by atoms with Crippen LogP contribution >= 0.6 is 0 Å². The van der Waals surface area contributed by atoms with Gasteiger partial charge in [-0.25, -0.2) is 8.78 Å². The Hall–Kier alpha value is -1.69. The minimum atomic E-state index is -0.552. The van der Waals surface area contributed by atoms with Gasteiger partial charge in [-0.05, 0) is 42.7 Å². The first-order valence-corrected chi connectivity index (χ1v) is 8.46. The first-order valence-electron chi connectivity index (χ1n) is 8.46. The molecule has 0 heterocycles. The molecule has 4 nitrogen and oxygen atoms in total. The van der Waals surface area contributed by atoms with E-state index in [2.05, 4.69) is 15.6 Å². The molecular weight excluding hydrogens is 312 g/mol. The van der Waals surface area contributed by atoms with Crippen molar-refractivity contribution in [2.24, 2.45) is 10.4 Å². The third kappa shape index (κ3) is 5.16. The van der Waals surface area contributed by atoms with Gasteiger partial charge in [-0.15, -0.1) is 0 Å². The maximum atomic E-state index is 13.6. The third-order valence-corrected chi connectivity index (χ3v) is 4.81. The first-order chi connectivity index (χ1) is 11.6. The largest absolute Gasteiger partial charge is 0.385 e. The van der Waals surface area contributed by atoms with Crippen molar-refractivity contribution in [3.8, 4) is 0 Å². The molecule has 0 aromatic heterocycles. The van der Waals surface area contributed by atoms with Crippen LogP contribution < -0.4 is 10.6 Å². The molecule has 134 valence electrons. The van der Waals surface area contributed by atoms with Crippen molar-refractivity contribution in [3.63, 3.8) is 0 Å². The van der Waals surface area contributed by atoms with Crippen molar-refractivity contribution in [2.45, 2.75) is 32.1 Å². The van der Waals surface area contributed by atoms with Crippen LogP contribution in [-0.4, -0.2) is 39.8 Å². The molecule has 0 aliphatic heterocycles. The number of nitrogens with zero attached hydrogens (tertiary/aromatic N) is 1. The van der Waals surface area contributed by atoms with Gasteiger partial charge in [0.05, 0.1) is 0 Å². The van der Waals surface area contributed by atoms with E-state index in [1.54, 1.807) is 14.2 Å².